The molecule has 31 heavy (non-hydrogen) atoms. The Hall–Kier alpha value is -2.80. The van der Waals surface area contributed by atoms with Crippen LogP contribution in [0.5, 0.6) is 0 Å². The van der Waals surface area contributed by atoms with Gasteiger partial charge in [-0.2, -0.15) is 4.52 Å². The van der Waals surface area contributed by atoms with Crippen molar-refractivity contribution in [1.29, 1.82) is 0 Å². The number of benzene rings is 1. The van der Waals surface area contributed by atoms with Crippen molar-refractivity contribution in [3.05, 3.63) is 58.0 Å². The Balaban J connectivity index is 1.24. The van der Waals surface area contributed by atoms with Crippen LogP contribution in [-0.2, 0) is 19.3 Å². The van der Waals surface area contributed by atoms with E-state index in [0.717, 1.165) is 66.9 Å². The molecule has 158 valence electrons. The summed E-state index contributed by atoms with van der Waals surface area (Å²) < 4.78 is 1.77. The molecule has 1 amide bonds. The third-order valence-electron chi connectivity index (χ3n) is 6.76. The number of carbonyl (C=O) groups excluding carboxylic acids is 1. The number of rotatable bonds is 3. The summed E-state index contributed by atoms with van der Waals surface area (Å²) in [5.74, 6) is 1.66. The molecule has 6 rings (SSSR count). The van der Waals surface area contributed by atoms with Crippen molar-refractivity contribution in [2.75, 3.05) is 13.1 Å². The van der Waals surface area contributed by atoms with Gasteiger partial charge in [0.15, 0.2) is 5.65 Å². The summed E-state index contributed by atoms with van der Waals surface area (Å²) in [4.78, 5) is 27.1. The lowest BCUT2D eigenvalue weighted by atomic mass is 9.90. The minimum absolute atomic E-state index is 0.0544. The van der Waals surface area contributed by atoms with Crippen molar-refractivity contribution in [1.82, 2.24) is 24.5 Å². The molecule has 3 aromatic heterocycles. The summed E-state index contributed by atoms with van der Waals surface area (Å²) in [6.07, 6.45) is 6.52. The highest BCUT2D eigenvalue weighted by atomic mass is 32.1. The molecule has 0 atom stereocenters. The zero-order valence-electron chi connectivity index (χ0n) is 17.7. The summed E-state index contributed by atoms with van der Waals surface area (Å²) in [5.41, 5.74) is 3.54. The van der Waals surface area contributed by atoms with Crippen molar-refractivity contribution in [3.63, 3.8) is 0 Å². The second kappa shape index (κ2) is 7.41. The number of hydrogen-bond donors (Lipinski definition) is 0. The van der Waals surface area contributed by atoms with E-state index in [0.29, 0.717) is 11.7 Å². The predicted molar refractivity (Wildman–Crippen MR) is 122 cm³/mol. The Morgan fingerprint density at radius 2 is 1.94 bits per heavy atom. The molecule has 2 aliphatic rings. The van der Waals surface area contributed by atoms with Crippen LogP contribution in [0, 0.1) is 12.8 Å². The molecule has 4 heterocycles. The van der Waals surface area contributed by atoms with Gasteiger partial charge in [0, 0.05) is 18.0 Å². The number of piperidine rings is 1. The van der Waals surface area contributed by atoms with E-state index in [1.165, 1.54) is 22.4 Å². The second-order valence-electron chi connectivity index (χ2n) is 8.79. The second-order valence-corrected chi connectivity index (χ2v) is 9.88. The Kier molecular flexibility index (Phi) is 4.52. The Labute approximate surface area is 184 Å². The van der Waals surface area contributed by atoms with Gasteiger partial charge < -0.3 is 4.90 Å². The molecule has 1 aromatic carbocycles. The summed E-state index contributed by atoms with van der Waals surface area (Å²) in [7, 11) is 0. The molecular weight excluding hydrogens is 406 g/mol. The van der Waals surface area contributed by atoms with E-state index < -0.39 is 0 Å². The van der Waals surface area contributed by atoms with Crippen LogP contribution < -0.4 is 0 Å². The van der Waals surface area contributed by atoms with Crippen molar-refractivity contribution in [3.8, 4) is 0 Å². The quantitative estimate of drug-likeness (QED) is 0.487. The highest BCUT2D eigenvalue weighted by Crippen LogP contribution is 2.38. The average molecular weight is 432 g/mol. The van der Waals surface area contributed by atoms with Gasteiger partial charge in [-0.05, 0) is 62.5 Å². The lowest BCUT2D eigenvalue weighted by Gasteiger charge is -2.31. The van der Waals surface area contributed by atoms with E-state index in [1.54, 1.807) is 15.9 Å². The number of fused-ring (bicyclic) bond motifs is 5. The number of thiophene rings is 1. The minimum atomic E-state index is -0.0544. The normalized spacial score (nSPS) is 17.0. The van der Waals surface area contributed by atoms with Gasteiger partial charge in [0.05, 0.1) is 5.39 Å². The molecule has 7 heteroatoms. The van der Waals surface area contributed by atoms with Gasteiger partial charge in [-0.15, -0.1) is 16.4 Å². The van der Waals surface area contributed by atoms with Gasteiger partial charge >= 0.3 is 0 Å². The number of nitrogens with zero attached hydrogens (tertiary/aromatic N) is 5. The van der Waals surface area contributed by atoms with Gasteiger partial charge in [-0.25, -0.2) is 9.97 Å². The molecule has 4 aromatic rings. The number of likely N-dealkylation sites (tertiary alicyclic amines) is 1. The molecule has 1 saturated heterocycles. The lowest BCUT2D eigenvalue weighted by Crippen LogP contribution is -2.39. The average Bonchev–Trinajstić information content (AvgIpc) is 3.49. The van der Waals surface area contributed by atoms with Crippen LogP contribution in [0.3, 0.4) is 0 Å². The molecule has 1 aliphatic heterocycles. The first kappa shape index (κ1) is 18.9. The first-order valence-corrected chi connectivity index (χ1v) is 12.0. The van der Waals surface area contributed by atoms with Crippen LogP contribution in [0.1, 0.15) is 51.7 Å². The van der Waals surface area contributed by atoms with Crippen LogP contribution in [0.4, 0.5) is 0 Å². The van der Waals surface area contributed by atoms with E-state index in [1.807, 2.05) is 11.8 Å². The van der Waals surface area contributed by atoms with Crippen LogP contribution in [0.25, 0.3) is 15.9 Å². The number of aromatic nitrogens is 4. The van der Waals surface area contributed by atoms with Crippen LogP contribution in [0.2, 0.25) is 0 Å². The summed E-state index contributed by atoms with van der Waals surface area (Å²) >= 11 is 1.77. The van der Waals surface area contributed by atoms with Crippen molar-refractivity contribution in [2.45, 2.75) is 45.4 Å². The summed E-state index contributed by atoms with van der Waals surface area (Å²) in [6, 6.07) is 10.6. The fourth-order valence-electron chi connectivity index (χ4n) is 5.11. The Bertz CT molecular complexity index is 1280. The summed E-state index contributed by atoms with van der Waals surface area (Å²) in [6.45, 7) is 3.48. The first-order valence-electron chi connectivity index (χ1n) is 11.2. The van der Waals surface area contributed by atoms with Crippen LogP contribution >= 0.6 is 11.3 Å². The molecule has 0 radical (unpaired) electrons. The molecule has 0 unspecified atom stereocenters. The largest absolute Gasteiger partial charge is 0.336 e. The molecule has 0 spiro atoms. The van der Waals surface area contributed by atoms with Gasteiger partial charge in [0.1, 0.15) is 10.7 Å². The first-order chi connectivity index (χ1) is 15.2. The van der Waals surface area contributed by atoms with E-state index in [2.05, 4.69) is 35.4 Å². The predicted octanol–water partition coefficient (Wildman–Crippen LogP) is 4.23. The fraction of sp³-hybridized carbons (Fsp3) is 0.417. The zero-order chi connectivity index (χ0) is 20.9. The molecular formula is C24H25N5OS. The molecule has 0 bridgehead atoms. The standard InChI is InChI=1S/C24H25N5OS/c1-15-25-23-20(18-8-5-9-19(18)31-23)22-26-21(27-29(15)22)24(30)28-12-10-17(11-13-28)14-16-6-3-2-4-7-16/h2-4,6-7,17H,5,8-14H2,1H3. The van der Waals surface area contributed by atoms with Gasteiger partial charge in [0.2, 0.25) is 5.82 Å². The van der Waals surface area contributed by atoms with Crippen molar-refractivity contribution < 1.29 is 4.79 Å². The lowest BCUT2D eigenvalue weighted by molar-refractivity contribution is 0.0678. The number of hydrogen-bond acceptors (Lipinski definition) is 5. The van der Waals surface area contributed by atoms with Gasteiger partial charge in [-0.1, -0.05) is 30.3 Å². The van der Waals surface area contributed by atoms with E-state index >= 15 is 0 Å². The Morgan fingerprint density at radius 3 is 2.74 bits per heavy atom. The number of carbonyl (C=O) groups is 1. The number of aryl methyl sites for hydroxylation is 3. The molecule has 6 nitrogen and oxygen atoms in total. The van der Waals surface area contributed by atoms with E-state index in [9.17, 15) is 4.79 Å². The highest BCUT2D eigenvalue weighted by molar-refractivity contribution is 7.19. The topological polar surface area (TPSA) is 63.4 Å². The van der Waals surface area contributed by atoms with Gasteiger partial charge in [0.25, 0.3) is 5.91 Å². The van der Waals surface area contributed by atoms with E-state index in [4.69, 9.17) is 9.97 Å². The zero-order valence-corrected chi connectivity index (χ0v) is 18.5. The van der Waals surface area contributed by atoms with Crippen molar-refractivity contribution in [2.24, 2.45) is 5.92 Å². The van der Waals surface area contributed by atoms with Crippen LogP contribution in [0.15, 0.2) is 30.3 Å². The SMILES string of the molecule is Cc1nc2sc3c(c2c2nc(C(=O)N4CCC(Cc5ccccc5)CC4)nn12)CCC3. The number of amides is 1. The monoisotopic (exact) mass is 431 g/mol. The summed E-state index contributed by atoms with van der Waals surface area (Å²) in [5, 5.41) is 5.69. The molecule has 0 saturated carbocycles. The maximum atomic E-state index is 13.2. The molecule has 1 aliphatic carbocycles. The van der Waals surface area contributed by atoms with Crippen LogP contribution in [-0.4, -0.2) is 43.5 Å². The van der Waals surface area contributed by atoms with Gasteiger partial charge in [-0.3, -0.25) is 4.79 Å². The maximum Gasteiger partial charge on any atom is 0.293 e. The smallest absolute Gasteiger partial charge is 0.293 e. The third kappa shape index (κ3) is 3.22. The van der Waals surface area contributed by atoms with E-state index in [-0.39, 0.29) is 5.91 Å². The Morgan fingerprint density at radius 1 is 1.13 bits per heavy atom. The van der Waals surface area contributed by atoms with Crippen molar-refractivity contribution >= 4 is 33.1 Å². The maximum absolute atomic E-state index is 13.2. The highest BCUT2D eigenvalue weighted by Gasteiger charge is 2.28. The third-order valence-corrected chi connectivity index (χ3v) is 7.95. The molecule has 1 fully saturated rings. The molecule has 0 N–H and O–H groups in total. The minimum Gasteiger partial charge on any atom is -0.336 e. The fourth-order valence-corrected chi connectivity index (χ4v) is 6.41.